The number of pyridine rings is 1. The first-order valence-electron chi connectivity index (χ1n) is 7.20. The second-order valence-corrected chi connectivity index (χ2v) is 6.47. The third kappa shape index (κ3) is 4.80. The predicted octanol–water partition coefficient (Wildman–Crippen LogP) is 5.09. The van der Waals surface area contributed by atoms with Crippen molar-refractivity contribution in [3.05, 3.63) is 62.8 Å². The fraction of sp³-hybridized carbons (Fsp3) is 0.353. The smallest absolute Gasteiger partial charge is 0.0551 e. The molecule has 0 spiro atoms. The number of nitrogens with one attached hydrogen (secondary N) is 1. The number of hydrogen-bond acceptors (Lipinski definition) is 2. The molecule has 4 heteroatoms. The molecular formula is C17H20BrClN2. The van der Waals surface area contributed by atoms with Crippen molar-refractivity contribution in [2.24, 2.45) is 0 Å². The van der Waals surface area contributed by atoms with Gasteiger partial charge in [0.2, 0.25) is 0 Å². The maximum atomic E-state index is 6.23. The van der Waals surface area contributed by atoms with E-state index in [4.69, 9.17) is 11.6 Å². The topological polar surface area (TPSA) is 24.9 Å². The molecule has 0 radical (unpaired) electrons. The Morgan fingerprint density at radius 2 is 2.10 bits per heavy atom. The summed E-state index contributed by atoms with van der Waals surface area (Å²) in [6.45, 7) is 5.20. The lowest BCUT2D eigenvalue weighted by Crippen LogP contribution is -2.24. The highest BCUT2D eigenvalue weighted by molar-refractivity contribution is 9.10. The molecule has 0 fully saturated rings. The molecule has 1 heterocycles. The number of nitrogens with zero attached hydrogens (tertiary/aromatic N) is 1. The summed E-state index contributed by atoms with van der Waals surface area (Å²) in [6, 6.07) is 10.6. The molecule has 0 amide bonds. The van der Waals surface area contributed by atoms with Crippen molar-refractivity contribution in [1.29, 1.82) is 0 Å². The average molecular weight is 368 g/mol. The van der Waals surface area contributed by atoms with Gasteiger partial charge in [0.1, 0.15) is 0 Å². The molecule has 0 aliphatic carbocycles. The van der Waals surface area contributed by atoms with Gasteiger partial charge in [-0.15, -0.1) is 0 Å². The second kappa shape index (κ2) is 7.92. The Labute approximate surface area is 140 Å². The van der Waals surface area contributed by atoms with Gasteiger partial charge in [0.15, 0.2) is 0 Å². The Balaban J connectivity index is 2.20. The maximum absolute atomic E-state index is 6.23. The fourth-order valence-corrected chi connectivity index (χ4v) is 2.62. The normalized spacial score (nSPS) is 12.4. The van der Waals surface area contributed by atoms with E-state index in [9.17, 15) is 0 Å². The first kappa shape index (κ1) is 16.5. The number of rotatable bonds is 6. The molecule has 112 valence electrons. The highest BCUT2D eigenvalue weighted by atomic mass is 79.9. The number of hydrogen-bond donors (Lipinski definition) is 1. The van der Waals surface area contributed by atoms with Crippen LogP contribution in [0.4, 0.5) is 0 Å². The van der Waals surface area contributed by atoms with Crippen molar-refractivity contribution in [1.82, 2.24) is 10.3 Å². The lowest BCUT2D eigenvalue weighted by atomic mass is 10.0. The first-order chi connectivity index (χ1) is 10.1. The van der Waals surface area contributed by atoms with Gasteiger partial charge in [-0.25, -0.2) is 0 Å². The minimum atomic E-state index is 0.228. The van der Waals surface area contributed by atoms with Gasteiger partial charge in [-0.05, 0) is 65.1 Å². The summed E-state index contributed by atoms with van der Waals surface area (Å²) in [5.41, 5.74) is 3.47. The maximum Gasteiger partial charge on any atom is 0.0551 e. The molecule has 2 nitrogen and oxygen atoms in total. The van der Waals surface area contributed by atoms with Crippen LogP contribution in [0.5, 0.6) is 0 Å². The van der Waals surface area contributed by atoms with Gasteiger partial charge in [-0.3, -0.25) is 4.98 Å². The van der Waals surface area contributed by atoms with Crippen LogP contribution >= 0.6 is 27.5 Å². The van der Waals surface area contributed by atoms with Crippen molar-refractivity contribution in [2.75, 3.05) is 6.54 Å². The number of aromatic nitrogens is 1. The Hall–Kier alpha value is -0.900. The Kier molecular flexibility index (Phi) is 6.22. The molecule has 1 aromatic heterocycles. The second-order valence-electron chi connectivity index (χ2n) is 5.21. The minimum absolute atomic E-state index is 0.228. The van der Waals surface area contributed by atoms with E-state index in [1.807, 2.05) is 18.3 Å². The van der Waals surface area contributed by atoms with Crippen LogP contribution in [0.1, 0.15) is 36.2 Å². The summed E-state index contributed by atoms with van der Waals surface area (Å²) in [5, 5.41) is 4.32. The number of aryl methyl sites for hydroxylation is 1. The SMILES string of the molecule is CCCNC(Cc1ccc(C)cn1)c1ccc(Br)c(Cl)c1. The molecular weight excluding hydrogens is 348 g/mol. The predicted molar refractivity (Wildman–Crippen MR) is 92.9 cm³/mol. The molecule has 0 bridgehead atoms. The monoisotopic (exact) mass is 366 g/mol. The quantitative estimate of drug-likeness (QED) is 0.769. The largest absolute Gasteiger partial charge is 0.310 e. The van der Waals surface area contributed by atoms with E-state index in [-0.39, 0.29) is 6.04 Å². The van der Waals surface area contributed by atoms with Crippen LogP contribution in [-0.4, -0.2) is 11.5 Å². The fourth-order valence-electron chi connectivity index (χ4n) is 2.18. The molecule has 2 rings (SSSR count). The summed E-state index contributed by atoms with van der Waals surface area (Å²) in [6.07, 6.45) is 3.88. The van der Waals surface area contributed by atoms with Gasteiger partial charge < -0.3 is 5.32 Å². The van der Waals surface area contributed by atoms with Gasteiger partial charge in [-0.1, -0.05) is 30.7 Å². The highest BCUT2D eigenvalue weighted by Gasteiger charge is 2.13. The van der Waals surface area contributed by atoms with E-state index in [1.54, 1.807) is 0 Å². The summed E-state index contributed by atoms with van der Waals surface area (Å²) >= 11 is 9.67. The van der Waals surface area contributed by atoms with Gasteiger partial charge in [0, 0.05) is 28.8 Å². The van der Waals surface area contributed by atoms with E-state index in [0.717, 1.165) is 34.6 Å². The molecule has 1 aromatic carbocycles. The van der Waals surface area contributed by atoms with E-state index in [0.29, 0.717) is 0 Å². The molecule has 21 heavy (non-hydrogen) atoms. The molecule has 1 atom stereocenters. The van der Waals surface area contributed by atoms with E-state index in [2.05, 4.69) is 58.3 Å². The molecule has 0 saturated carbocycles. The summed E-state index contributed by atoms with van der Waals surface area (Å²) in [5.74, 6) is 0. The third-order valence-corrected chi connectivity index (χ3v) is 4.61. The van der Waals surface area contributed by atoms with Crippen LogP contribution in [0.15, 0.2) is 41.0 Å². The molecule has 1 unspecified atom stereocenters. The standard InChI is InChI=1S/C17H20BrClN2/c1-3-8-20-17(10-14-6-4-12(2)11-21-14)13-5-7-15(18)16(19)9-13/h4-7,9,11,17,20H,3,8,10H2,1-2H3. The van der Waals surface area contributed by atoms with Crippen molar-refractivity contribution >= 4 is 27.5 Å². The Bertz CT molecular complexity index is 584. The van der Waals surface area contributed by atoms with Crippen LogP contribution in [0.2, 0.25) is 5.02 Å². The van der Waals surface area contributed by atoms with E-state index < -0.39 is 0 Å². The molecule has 0 saturated heterocycles. The summed E-state index contributed by atoms with van der Waals surface area (Å²) < 4.78 is 0.926. The van der Waals surface area contributed by atoms with Gasteiger partial charge in [-0.2, -0.15) is 0 Å². The zero-order valence-corrected chi connectivity index (χ0v) is 14.7. The molecule has 1 N–H and O–H groups in total. The average Bonchev–Trinajstić information content (AvgIpc) is 2.48. The molecule has 0 aliphatic heterocycles. The van der Waals surface area contributed by atoms with Crippen molar-refractivity contribution in [2.45, 2.75) is 32.7 Å². The summed E-state index contributed by atoms with van der Waals surface area (Å²) in [7, 11) is 0. The zero-order chi connectivity index (χ0) is 15.2. The Morgan fingerprint density at radius 1 is 1.29 bits per heavy atom. The van der Waals surface area contributed by atoms with Crippen LogP contribution < -0.4 is 5.32 Å². The van der Waals surface area contributed by atoms with E-state index >= 15 is 0 Å². The third-order valence-electron chi connectivity index (χ3n) is 3.37. The number of benzene rings is 1. The van der Waals surface area contributed by atoms with Crippen LogP contribution in [-0.2, 0) is 6.42 Å². The number of halogens is 2. The summed E-state index contributed by atoms with van der Waals surface area (Å²) in [4.78, 5) is 4.51. The van der Waals surface area contributed by atoms with Gasteiger partial charge >= 0.3 is 0 Å². The molecule has 2 aromatic rings. The zero-order valence-electron chi connectivity index (χ0n) is 12.4. The van der Waals surface area contributed by atoms with E-state index in [1.165, 1.54) is 11.1 Å². The van der Waals surface area contributed by atoms with Crippen LogP contribution in [0.25, 0.3) is 0 Å². The highest BCUT2D eigenvalue weighted by Crippen LogP contribution is 2.27. The van der Waals surface area contributed by atoms with Crippen molar-refractivity contribution in [3.63, 3.8) is 0 Å². The van der Waals surface area contributed by atoms with Gasteiger partial charge in [0.25, 0.3) is 0 Å². The van der Waals surface area contributed by atoms with Gasteiger partial charge in [0.05, 0.1) is 5.02 Å². The Morgan fingerprint density at radius 3 is 2.71 bits per heavy atom. The lowest BCUT2D eigenvalue weighted by molar-refractivity contribution is 0.524. The van der Waals surface area contributed by atoms with Crippen molar-refractivity contribution in [3.8, 4) is 0 Å². The minimum Gasteiger partial charge on any atom is -0.310 e. The molecule has 0 aliphatic rings. The van der Waals surface area contributed by atoms with Crippen LogP contribution in [0, 0.1) is 6.92 Å². The van der Waals surface area contributed by atoms with Crippen LogP contribution in [0.3, 0.4) is 0 Å². The lowest BCUT2D eigenvalue weighted by Gasteiger charge is -2.19. The first-order valence-corrected chi connectivity index (χ1v) is 8.37. The van der Waals surface area contributed by atoms with Crippen molar-refractivity contribution < 1.29 is 0 Å².